The Labute approximate surface area is 81.1 Å². The SMILES string of the molecule is CC(C)C1C(C)NC(=O)C(C)C1C. The molecule has 4 atom stereocenters. The molecular weight excluding hydrogens is 162 g/mol. The number of hydrogen-bond donors (Lipinski definition) is 1. The predicted octanol–water partition coefficient (Wildman–Crippen LogP) is 2.05. The van der Waals surface area contributed by atoms with Crippen LogP contribution in [0.25, 0.3) is 0 Å². The second kappa shape index (κ2) is 3.69. The Morgan fingerprint density at radius 3 is 2.23 bits per heavy atom. The molecule has 0 aromatic carbocycles. The summed E-state index contributed by atoms with van der Waals surface area (Å²) < 4.78 is 0. The van der Waals surface area contributed by atoms with Crippen LogP contribution < -0.4 is 5.32 Å². The van der Waals surface area contributed by atoms with Crippen molar-refractivity contribution in [3.05, 3.63) is 0 Å². The van der Waals surface area contributed by atoms with Gasteiger partial charge in [0.2, 0.25) is 5.91 Å². The van der Waals surface area contributed by atoms with E-state index in [0.717, 1.165) is 0 Å². The zero-order chi connectivity index (χ0) is 10.2. The van der Waals surface area contributed by atoms with E-state index in [9.17, 15) is 4.79 Å². The summed E-state index contributed by atoms with van der Waals surface area (Å²) in [5.74, 6) is 2.16. The fourth-order valence-corrected chi connectivity index (χ4v) is 2.66. The molecule has 1 saturated heterocycles. The van der Waals surface area contributed by atoms with Crippen molar-refractivity contribution in [3.63, 3.8) is 0 Å². The molecule has 1 aliphatic rings. The molecule has 0 aliphatic carbocycles. The average molecular weight is 183 g/mol. The van der Waals surface area contributed by atoms with Crippen molar-refractivity contribution >= 4 is 5.91 Å². The third-order valence-electron chi connectivity index (χ3n) is 3.53. The van der Waals surface area contributed by atoms with Gasteiger partial charge in [-0.25, -0.2) is 0 Å². The van der Waals surface area contributed by atoms with E-state index in [1.165, 1.54) is 0 Å². The maximum atomic E-state index is 11.5. The summed E-state index contributed by atoms with van der Waals surface area (Å²) in [5.41, 5.74) is 0. The Hall–Kier alpha value is -0.530. The molecule has 0 radical (unpaired) electrons. The second-order valence-corrected chi connectivity index (χ2v) is 4.77. The van der Waals surface area contributed by atoms with E-state index in [2.05, 4.69) is 33.0 Å². The van der Waals surface area contributed by atoms with Crippen molar-refractivity contribution in [2.45, 2.75) is 40.7 Å². The minimum atomic E-state index is 0.170. The fraction of sp³-hybridized carbons (Fsp3) is 0.909. The zero-order valence-electron chi connectivity index (χ0n) is 9.29. The van der Waals surface area contributed by atoms with Crippen LogP contribution in [0.3, 0.4) is 0 Å². The normalized spacial score (nSPS) is 40.6. The molecule has 0 aromatic heterocycles. The van der Waals surface area contributed by atoms with Crippen molar-refractivity contribution in [1.29, 1.82) is 0 Å². The van der Waals surface area contributed by atoms with E-state index >= 15 is 0 Å². The van der Waals surface area contributed by atoms with Gasteiger partial charge in [0, 0.05) is 12.0 Å². The standard InChI is InChI=1S/C11H21NO/c1-6(2)10-7(3)8(4)11(13)12-9(10)5/h6-10H,1-5H3,(H,12,13). The molecule has 0 saturated carbocycles. The largest absolute Gasteiger partial charge is 0.353 e. The first-order chi connectivity index (χ1) is 5.95. The molecule has 1 amide bonds. The van der Waals surface area contributed by atoms with Gasteiger partial charge in [-0.1, -0.05) is 27.7 Å². The van der Waals surface area contributed by atoms with Gasteiger partial charge in [-0.05, 0) is 24.7 Å². The van der Waals surface area contributed by atoms with Gasteiger partial charge in [-0.3, -0.25) is 4.79 Å². The zero-order valence-corrected chi connectivity index (χ0v) is 9.29. The van der Waals surface area contributed by atoms with Gasteiger partial charge in [0.15, 0.2) is 0 Å². The van der Waals surface area contributed by atoms with Crippen LogP contribution in [-0.4, -0.2) is 11.9 Å². The van der Waals surface area contributed by atoms with Crippen LogP contribution in [0, 0.1) is 23.7 Å². The van der Waals surface area contributed by atoms with Gasteiger partial charge < -0.3 is 5.32 Å². The van der Waals surface area contributed by atoms with Crippen LogP contribution in [0.4, 0.5) is 0 Å². The van der Waals surface area contributed by atoms with Gasteiger partial charge in [-0.15, -0.1) is 0 Å². The van der Waals surface area contributed by atoms with Crippen LogP contribution in [0.2, 0.25) is 0 Å². The van der Waals surface area contributed by atoms with E-state index in [1.807, 2.05) is 6.92 Å². The summed E-state index contributed by atoms with van der Waals surface area (Å²) in [6, 6.07) is 0.332. The molecule has 13 heavy (non-hydrogen) atoms. The molecule has 0 aromatic rings. The molecule has 1 heterocycles. The first-order valence-electron chi connectivity index (χ1n) is 5.25. The highest BCUT2D eigenvalue weighted by Crippen LogP contribution is 2.33. The lowest BCUT2D eigenvalue weighted by Gasteiger charge is -2.41. The summed E-state index contributed by atoms with van der Waals surface area (Å²) >= 11 is 0. The van der Waals surface area contributed by atoms with Crippen molar-refractivity contribution < 1.29 is 4.79 Å². The van der Waals surface area contributed by atoms with Gasteiger partial charge in [0.1, 0.15) is 0 Å². The molecule has 1 fully saturated rings. The number of rotatable bonds is 1. The maximum Gasteiger partial charge on any atom is 0.223 e. The fourth-order valence-electron chi connectivity index (χ4n) is 2.66. The third kappa shape index (κ3) is 1.87. The summed E-state index contributed by atoms with van der Waals surface area (Å²) in [6.45, 7) is 10.8. The molecule has 0 bridgehead atoms. The lowest BCUT2D eigenvalue weighted by Crippen LogP contribution is -2.53. The summed E-state index contributed by atoms with van der Waals surface area (Å²) in [5, 5.41) is 3.05. The highest BCUT2D eigenvalue weighted by Gasteiger charge is 2.38. The third-order valence-corrected chi connectivity index (χ3v) is 3.53. The summed E-state index contributed by atoms with van der Waals surface area (Å²) in [6.07, 6.45) is 0. The molecular formula is C11H21NO. The minimum absolute atomic E-state index is 0.170. The number of amides is 1. The van der Waals surface area contributed by atoms with E-state index in [1.54, 1.807) is 0 Å². The molecule has 1 rings (SSSR count). The molecule has 2 nitrogen and oxygen atoms in total. The van der Waals surface area contributed by atoms with E-state index in [4.69, 9.17) is 0 Å². The Balaban J connectivity index is 2.79. The first-order valence-corrected chi connectivity index (χ1v) is 5.25. The van der Waals surface area contributed by atoms with Crippen LogP contribution in [0.1, 0.15) is 34.6 Å². The minimum Gasteiger partial charge on any atom is -0.353 e. The van der Waals surface area contributed by atoms with Crippen LogP contribution in [0.15, 0.2) is 0 Å². The Morgan fingerprint density at radius 1 is 1.23 bits per heavy atom. The predicted molar refractivity (Wildman–Crippen MR) is 54.3 cm³/mol. The van der Waals surface area contributed by atoms with Gasteiger partial charge in [-0.2, -0.15) is 0 Å². The smallest absolute Gasteiger partial charge is 0.223 e. The Kier molecular flexibility index (Phi) is 2.99. The molecule has 0 spiro atoms. The lowest BCUT2D eigenvalue weighted by atomic mass is 9.71. The Morgan fingerprint density at radius 2 is 1.77 bits per heavy atom. The average Bonchev–Trinajstić information content (AvgIpc) is 1.99. The first kappa shape index (κ1) is 10.6. The molecule has 4 unspecified atom stereocenters. The highest BCUT2D eigenvalue weighted by atomic mass is 16.2. The van der Waals surface area contributed by atoms with E-state index in [0.29, 0.717) is 23.8 Å². The second-order valence-electron chi connectivity index (χ2n) is 4.77. The lowest BCUT2D eigenvalue weighted by molar-refractivity contribution is -0.131. The quantitative estimate of drug-likeness (QED) is 0.662. The molecule has 1 N–H and O–H groups in total. The number of carbonyl (C=O) groups excluding carboxylic acids is 1. The highest BCUT2D eigenvalue weighted by molar-refractivity contribution is 5.79. The van der Waals surface area contributed by atoms with Crippen molar-refractivity contribution in [2.75, 3.05) is 0 Å². The monoisotopic (exact) mass is 183 g/mol. The van der Waals surface area contributed by atoms with Crippen LogP contribution >= 0.6 is 0 Å². The molecule has 76 valence electrons. The molecule has 1 aliphatic heterocycles. The number of nitrogens with one attached hydrogen (secondary N) is 1. The van der Waals surface area contributed by atoms with Crippen LogP contribution in [-0.2, 0) is 4.79 Å². The van der Waals surface area contributed by atoms with Gasteiger partial charge in [0.05, 0.1) is 0 Å². The number of carbonyl (C=O) groups is 1. The summed E-state index contributed by atoms with van der Waals surface area (Å²) in [7, 11) is 0. The number of hydrogen-bond acceptors (Lipinski definition) is 1. The van der Waals surface area contributed by atoms with E-state index < -0.39 is 0 Å². The van der Waals surface area contributed by atoms with E-state index in [-0.39, 0.29) is 11.8 Å². The van der Waals surface area contributed by atoms with Gasteiger partial charge in [0.25, 0.3) is 0 Å². The topological polar surface area (TPSA) is 29.1 Å². The molecule has 2 heteroatoms. The van der Waals surface area contributed by atoms with Crippen molar-refractivity contribution in [3.8, 4) is 0 Å². The maximum absolute atomic E-state index is 11.5. The Bertz CT molecular complexity index is 200. The van der Waals surface area contributed by atoms with Crippen molar-refractivity contribution in [2.24, 2.45) is 23.7 Å². The van der Waals surface area contributed by atoms with Crippen LogP contribution in [0.5, 0.6) is 0 Å². The number of piperidine rings is 1. The summed E-state index contributed by atoms with van der Waals surface area (Å²) in [4.78, 5) is 11.5. The van der Waals surface area contributed by atoms with Crippen molar-refractivity contribution in [1.82, 2.24) is 5.32 Å². The van der Waals surface area contributed by atoms with Gasteiger partial charge >= 0.3 is 0 Å².